The van der Waals surface area contributed by atoms with Crippen molar-refractivity contribution >= 4 is 35.2 Å². The van der Waals surface area contributed by atoms with Gasteiger partial charge in [-0.25, -0.2) is 24.5 Å². The molecule has 10 heteroatoms. The number of rotatable bonds is 4. The summed E-state index contributed by atoms with van der Waals surface area (Å²) in [6.45, 7) is 5.28. The average Bonchev–Trinajstić information content (AvgIpc) is 2.72. The largest absolute Gasteiger partial charge is 0.464 e. The molecule has 0 saturated heterocycles. The quantitative estimate of drug-likeness (QED) is 0.546. The van der Waals surface area contributed by atoms with Crippen LogP contribution in [0.15, 0.2) is 49.1 Å². The van der Waals surface area contributed by atoms with Gasteiger partial charge in [0.25, 0.3) is 0 Å². The van der Waals surface area contributed by atoms with E-state index in [2.05, 4.69) is 24.7 Å². The maximum Gasteiger partial charge on any atom is 0.420 e. The number of hydrogen-bond acceptors (Lipinski definition) is 8. The molecule has 160 valence electrons. The van der Waals surface area contributed by atoms with Crippen LogP contribution in [0.25, 0.3) is 11.4 Å². The Morgan fingerprint density at radius 2 is 1.68 bits per heavy atom. The highest BCUT2D eigenvalue weighted by atomic mass is 35.5. The van der Waals surface area contributed by atoms with Gasteiger partial charge in [-0.05, 0) is 39.0 Å². The molecule has 0 unspecified atom stereocenters. The second kappa shape index (κ2) is 9.05. The Morgan fingerprint density at radius 3 is 2.32 bits per heavy atom. The van der Waals surface area contributed by atoms with Crippen LogP contribution in [-0.4, -0.2) is 44.7 Å². The SMILES string of the molecule is COC(=O)c1cncc(-c2cncc(N(C(=O)OC(C)(C)C)c3cccc(Cl)c3)n2)n1. The van der Waals surface area contributed by atoms with E-state index in [1.807, 2.05) is 0 Å². The first-order chi connectivity index (χ1) is 14.7. The molecule has 2 aromatic heterocycles. The predicted octanol–water partition coefficient (Wildman–Crippen LogP) is 4.45. The lowest BCUT2D eigenvalue weighted by atomic mass is 10.2. The highest BCUT2D eigenvalue weighted by molar-refractivity contribution is 6.31. The van der Waals surface area contributed by atoms with Crippen molar-refractivity contribution in [3.05, 3.63) is 59.8 Å². The first-order valence-electron chi connectivity index (χ1n) is 9.19. The molecule has 0 atom stereocenters. The van der Waals surface area contributed by atoms with E-state index < -0.39 is 17.7 Å². The van der Waals surface area contributed by atoms with E-state index in [1.165, 1.54) is 36.8 Å². The Morgan fingerprint density at radius 1 is 1.00 bits per heavy atom. The van der Waals surface area contributed by atoms with Crippen molar-refractivity contribution in [2.75, 3.05) is 12.0 Å². The van der Waals surface area contributed by atoms with E-state index in [0.717, 1.165) is 0 Å². The van der Waals surface area contributed by atoms with Crippen LogP contribution in [0.4, 0.5) is 16.3 Å². The number of hydrogen-bond donors (Lipinski definition) is 0. The fourth-order valence-electron chi connectivity index (χ4n) is 2.53. The summed E-state index contributed by atoms with van der Waals surface area (Å²) in [5.41, 5.74) is 0.312. The van der Waals surface area contributed by atoms with Gasteiger partial charge in [0.1, 0.15) is 17.0 Å². The van der Waals surface area contributed by atoms with Gasteiger partial charge in [0.15, 0.2) is 11.5 Å². The summed E-state index contributed by atoms with van der Waals surface area (Å²) in [5.74, 6) is -0.452. The summed E-state index contributed by atoms with van der Waals surface area (Å²) in [4.78, 5) is 42.9. The zero-order valence-electron chi connectivity index (χ0n) is 17.4. The monoisotopic (exact) mass is 441 g/mol. The van der Waals surface area contributed by atoms with E-state index in [0.29, 0.717) is 16.4 Å². The van der Waals surface area contributed by atoms with Crippen molar-refractivity contribution in [1.29, 1.82) is 0 Å². The average molecular weight is 442 g/mol. The lowest BCUT2D eigenvalue weighted by Gasteiger charge is -2.27. The van der Waals surface area contributed by atoms with Crippen LogP contribution < -0.4 is 4.90 Å². The van der Waals surface area contributed by atoms with Gasteiger partial charge in [0.2, 0.25) is 0 Å². The van der Waals surface area contributed by atoms with E-state index >= 15 is 0 Å². The predicted molar refractivity (Wildman–Crippen MR) is 114 cm³/mol. The molecular formula is C21H20ClN5O4. The highest BCUT2D eigenvalue weighted by Crippen LogP contribution is 2.29. The van der Waals surface area contributed by atoms with Gasteiger partial charge < -0.3 is 9.47 Å². The van der Waals surface area contributed by atoms with Crippen molar-refractivity contribution in [2.45, 2.75) is 26.4 Å². The highest BCUT2D eigenvalue weighted by Gasteiger charge is 2.27. The Labute approximate surface area is 184 Å². The molecule has 9 nitrogen and oxygen atoms in total. The van der Waals surface area contributed by atoms with Crippen molar-refractivity contribution in [2.24, 2.45) is 0 Å². The number of halogens is 1. The van der Waals surface area contributed by atoms with Crippen molar-refractivity contribution in [3.63, 3.8) is 0 Å². The number of nitrogens with zero attached hydrogens (tertiary/aromatic N) is 5. The third-order valence-corrected chi connectivity index (χ3v) is 4.02. The zero-order chi connectivity index (χ0) is 22.6. The maximum absolute atomic E-state index is 13.0. The van der Waals surface area contributed by atoms with Gasteiger partial charge in [-0.15, -0.1) is 0 Å². The van der Waals surface area contributed by atoms with Crippen LogP contribution in [0.1, 0.15) is 31.3 Å². The van der Waals surface area contributed by atoms with Gasteiger partial charge in [0.05, 0.1) is 37.6 Å². The minimum absolute atomic E-state index is 0.0195. The van der Waals surface area contributed by atoms with Gasteiger partial charge in [0, 0.05) is 5.02 Å². The summed E-state index contributed by atoms with van der Waals surface area (Å²) < 4.78 is 10.2. The molecule has 1 amide bonds. The van der Waals surface area contributed by atoms with Crippen molar-refractivity contribution < 1.29 is 19.1 Å². The number of esters is 1. The minimum Gasteiger partial charge on any atom is -0.464 e. The first-order valence-corrected chi connectivity index (χ1v) is 9.57. The van der Waals surface area contributed by atoms with Crippen molar-refractivity contribution in [3.8, 4) is 11.4 Å². The lowest BCUT2D eigenvalue weighted by molar-refractivity contribution is 0.0586. The molecule has 31 heavy (non-hydrogen) atoms. The molecule has 0 saturated carbocycles. The molecule has 0 N–H and O–H groups in total. The molecular weight excluding hydrogens is 422 g/mol. The summed E-state index contributed by atoms with van der Waals surface area (Å²) in [5, 5.41) is 0.437. The van der Waals surface area contributed by atoms with Gasteiger partial charge >= 0.3 is 12.1 Å². The van der Waals surface area contributed by atoms with Crippen LogP contribution in [0.5, 0.6) is 0 Å². The van der Waals surface area contributed by atoms with E-state index in [-0.39, 0.29) is 17.2 Å². The second-order valence-electron chi connectivity index (χ2n) is 7.34. The Balaban J connectivity index is 2.07. The molecule has 0 bridgehead atoms. The van der Waals surface area contributed by atoms with Crippen LogP contribution in [0.3, 0.4) is 0 Å². The van der Waals surface area contributed by atoms with Gasteiger partial charge in [-0.1, -0.05) is 17.7 Å². The van der Waals surface area contributed by atoms with Crippen molar-refractivity contribution in [1.82, 2.24) is 19.9 Å². The first kappa shape index (κ1) is 22.1. The van der Waals surface area contributed by atoms with Gasteiger partial charge in [-0.2, -0.15) is 0 Å². The number of benzene rings is 1. The molecule has 0 radical (unpaired) electrons. The molecule has 0 aliphatic carbocycles. The number of carbonyl (C=O) groups is 2. The third kappa shape index (κ3) is 5.52. The minimum atomic E-state index is -0.737. The third-order valence-electron chi connectivity index (χ3n) is 3.78. The summed E-state index contributed by atoms with van der Waals surface area (Å²) in [6, 6.07) is 6.70. The molecule has 1 aromatic carbocycles. The smallest absolute Gasteiger partial charge is 0.420 e. The van der Waals surface area contributed by atoms with Crippen LogP contribution in [-0.2, 0) is 9.47 Å². The number of aromatic nitrogens is 4. The van der Waals surface area contributed by atoms with Crippen LogP contribution in [0.2, 0.25) is 5.02 Å². The molecule has 0 aliphatic heterocycles. The number of anilines is 2. The van der Waals surface area contributed by atoms with Crippen LogP contribution >= 0.6 is 11.6 Å². The van der Waals surface area contributed by atoms with Crippen LogP contribution in [0, 0.1) is 0 Å². The molecule has 3 rings (SSSR count). The standard InChI is InChI=1S/C21H20ClN5O4/c1-21(2,3)31-20(29)27(14-7-5-6-13(22)8-14)18-12-24-10-16(26-18)15-9-23-11-17(25-15)19(28)30-4/h5-12H,1-4H3. The fourth-order valence-corrected chi connectivity index (χ4v) is 2.72. The number of methoxy groups -OCH3 is 1. The number of carbonyl (C=O) groups excluding carboxylic acids is 2. The summed E-state index contributed by atoms with van der Waals surface area (Å²) >= 11 is 6.13. The molecule has 3 aromatic rings. The fraction of sp³-hybridized carbons (Fsp3) is 0.238. The second-order valence-corrected chi connectivity index (χ2v) is 7.78. The zero-order valence-corrected chi connectivity index (χ0v) is 18.1. The normalized spacial score (nSPS) is 11.0. The maximum atomic E-state index is 13.0. The van der Waals surface area contributed by atoms with E-state index in [9.17, 15) is 9.59 Å². The summed E-state index contributed by atoms with van der Waals surface area (Å²) in [7, 11) is 1.25. The van der Waals surface area contributed by atoms with Gasteiger partial charge in [-0.3, -0.25) is 9.97 Å². The lowest BCUT2D eigenvalue weighted by Crippen LogP contribution is -2.34. The topological polar surface area (TPSA) is 107 Å². The molecule has 2 heterocycles. The number of ether oxygens (including phenoxy) is 2. The molecule has 0 spiro atoms. The Kier molecular flexibility index (Phi) is 6.45. The Hall–Kier alpha value is -3.59. The van der Waals surface area contributed by atoms with E-state index in [4.69, 9.17) is 16.3 Å². The van der Waals surface area contributed by atoms with E-state index in [1.54, 1.807) is 45.0 Å². The summed E-state index contributed by atoms with van der Waals surface area (Å²) in [6.07, 6.45) is 4.91. The molecule has 0 aliphatic rings. The molecule has 0 fully saturated rings. The number of amides is 1. The Bertz CT molecular complexity index is 1120.